The number of halogens is 3. The number of phenolic OH excluding ortho intramolecular Hbond substituents is 1. The van der Waals surface area contributed by atoms with Gasteiger partial charge in [0.25, 0.3) is 5.91 Å². The summed E-state index contributed by atoms with van der Waals surface area (Å²) in [5.74, 6) is -1.68. The number of carbonyl (C=O) groups excluding carboxylic acids is 2. The van der Waals surface area contributed by atoms with Gasteiger partial charge >= 0.3 is 0 Å². The molecule has 0 aliphatic rings. The molecule has 0 aliphatic carbocycles. The molecule has 2 rings (SSSR count). The predicted octanol–water partition coefficient (Wildman–Crippen LogP) is 4.65. The molecule has 0 unspecified atom stereocenters. The monoisotopic (exact) mass is 414 g/mol. The standard InChI is InChI=1S/C18H17Cl3N2O3/c1-8-4-9(2)16(10(3)5-8)23-13(24)7-22-18(26)14-15(21)11(19)6-12(20)17(14)25/h4-6,25H,7H2,1-3H3,(H,22,26)(H,23,24). The highest BCUT2D eigenvalue weighted by Gasteiger charge is 2.21. The molecule has 138 valence electrons. The minimum atomic E-state index is -0.760. The second kappa shape index (κ2) is 8.16. The summed E-state index contributed by atoms with van der Waals surface area (Å²) < 4.78 is 0. The molecule has 0 atom stereocenters. The summed E-state index contributed by atoms with van der Waals surface area (Å²) in [4.78, 5) is 24.4. The highest BCUT2D eigenvalue weighted by Crippen LogP contribution is 2.38. The highest BCUT2D eigenvalue weighted by atomic mass is 35.5. The average Bonchev–Trinajstić information content (AvgIpc) is 2.54. The van der Waals surface area contributed by atoms with Crippen molar-refractivity contribution in [3.05, 3.63) is 55.5 Å². The summed E-state index contributed by atoms with van der Waals surface area (Å²) in [5.41, 5.74) is 3.35. The molecule has 0 fully saturated rings. The Kier molecular flexibility index (Phi) is 6.39. The topological polar surface area (TPSA) is 78.4 Å². The van der Waals surface area contributed by atoms with Gasteiger partial charge in [-0.25, -0.2) is 0 Å². The maximum atomic E-state index is 12.3. The zero-order chi connectivity index (χ0) is 19.6. The van der Waals surface area contributed by atoms with E-state index in [9.17, 15) is 14.7 Å². The summed E-state index contributed by atoms with van der Waals surface area (Å²) >= 11 is 17.6. The Bertz CT molecular complexity index is 848. The minimum Gasteiger partial charge on any atom is -0.505 e. The first-order chi connectivity index (χ1) is 12.1. The number of rotatable bonds is 4. The lowest BCUT2D eigenvalue weighted by atomic mass is 10.1. The molecule has 0 saturated heterocycles. The van der Waals surface area contributed by atoms with E-state index in [0.717, 1.165) is 16.7 Å². The van der Waals surface area contributed by atoms with Crippen LogP contribution in [0.1, 0.15) is 27.0 Å². The first kappa shape index (κ1) is 20.4. The van der Waals surface area contributed by atoms with E-state index in [0.29, 0.717) is 5.69 Å². The molecule has 3 N–H and O–H groups in total. The molecule has 0 bridgehead atoms. The number of hydrogen-bond donors (Lipinski definition) is 3. The van der Waals surface area contributed by atoms with E-state index in [1.807, 2.05) is 32.9 Å². The van der Waals surface area contributed by atoms with Crippen LogP contribution in [0.25, 0.3) is 0 Å². The molecule has 26 heavy (non-hydrogen) atoms. The second-order valence-corrected chi connectivity index (χ2v) is 7.07. The van der Waals surface area contributed by atoms with Crippen molar-refractivity contribution in [3.8, 4) is 5.75 Å². The number of benzene rings is 2. The number of nitrogens with one attached hydrogen (secondary N) is 2. The third-order valence-electron chi connectivity index (χ3n) is 3.72. The lowest BCUT2D eigenvalue weighted by molar-refractivity contribution is -0.115. The second-order valence-electron chi connectivity index (χ2n) is 5.88. The smallest absolute Gasteiger partial charge is 0.257 e. The van der Waals surface area contributed by atoms with Crippen LogP contribution in [0.4, 0.5) is 5.69 Å². The molecule has 8 heteroatoms. The number of carbonyl (C=O) groups is 2. The van der Waals surface area contributed by atoms with Crippen LogP contribution in [0.3, 0.4) is 0 Å². The summed E-state index contributed by atoms with van der Waals surface area (Å²) in [6, 6.07) is 5.13. The largest absolute Gasteiger partial charge is 0.505 e. The maximum absolute atomic E-state index is 12.3. The fourth-order valence-electron chi connectivity index (χ4n) is 2.60. The summed E-state index contributed by atoms with van der Waals surface area (Å²) in [6.45, 7) is 5.43. The van der Waals surface area contributed by atoms with Gasteiger partial charge in [0.2, 0.25) is 5.91 Å². The first-order valence-corrected chi connectivity index (χ1v) is 8.77. The molecule has 5 nitrogen and oxygen atoms in total. The zero-order valence-corrected chi connectivity index (χ0v) is 16.6. The van der Waals surface area contributed by atoms with E-state index in [1.165, 1.54) is 6.07 Å². The van der Waals surface area contributed by atoms with Gasteiger partial charge in [-0.3, -0.25) is 9.59 Å². The Morgan fingerprint density at radius 1 is 1.00 bits per heavy atom. The Morgan fingerprint density at radius 3 is 2.15 bits per heavy atom. The van der Waals surface area contributed by atoms with Crippen LogP contribution in [-0.2, 0) is 4.79 Å². The summed E-state index contributed by atoms with van der Waals surface area (Å²) in [7, 11) is 0. The van der Waals surface area contributed by atoms with Crippen molar-refractivity contribution in [2.75, 3.05) is 11.9 Å². The van der Waals surface area contributed by atoms with Crippen molar-refractivity contribution in [2.45, 2.75) is 20.8 Å². The van der Waals surface area contributed by atoms with Gasteiger partial charge in [0, 0.05) is 5.69 Å². The molecule has 0 aromatic heterocycles. The normalized spacial score (nSPS) is 10.5. The van der Waals surface area contributed by atoms with Crippen molar-refractivity contribution in [2.24, 2.45) is 0 Å². The average molecular weight is 416 g/mol. The Labute approximate surface area is 166 Å². The van der Waals surface area contributed by atoms with Crippen LogP contribution in [0.5, 0.6) is 5.75 Å². The fraction of sp³-hybridized carbons (Fsp3) is 0.222. The van der Waals surface area contributed by atoms with Crippen molar-refractivity contribution >= 4 is 52.3 Å². The highest BCUT2D eigenvalue weighted by molar-refractivity contribution is 6.45. The number of aromatic hydroxyl groups is 1. The van der Waals surface area contributed by atoms with E-state index in [-0.39, 0.29) is 27.2 Å². The van der Waals surface area contributed by atoms with Crippen molar-refractivity contribution in [1.29, 1.82) is 0 Å². The van der Waals surface area contributed by atoms with Gasteiger partial charge in [-0.1, -0.05) is 52.5 Å². The number of hydrogen-bond acceptors (Lipinski definition) is 3. The van der Waals surface area contributed by atoms with Crippen molar-refractivity contribution in [3.63, 3.8) is 0 Å². The number of amides is 2. The van der Waals surface area contributed by atoms with E-state index in [1.54, 1.807) is 0 Å². The molecular weight excluding hydrogens is 399 g/mol. The number of aryl methyl sites for hydroxylation is 3. The molecule has 0 heterocycles. The number of anilines is 1. The van der Waals surface area contributed by atoms with Crippen LogP contribution in [-0.4, -0.2) is 23.5 Å². The third kappa shape index (κ3) is 4.41. The molecule has 0 aliphatic heterocycles. The van der Waals surface area contributed by atoms with Gasteiger partial charge in [0.1, 0.15) is 11.3 Å². The molecule has 0 saturated carbocycles. The molecule has 0 spiro atoms. The van der Waals surface area contributed by atoms with E-state index < -0.39 is 17.6 Å². The van der Waals surface area contributed by atoms with Gasteiger partial charge in [-0.15, -0.1) is 0 Å². The van der Waals surface area contributed by atoms with E-state index in [4.69, 9.17) is 34.8 Å². The number of phenols is 1. The first-order valence-electron chi connectivity index (χ1n) is 7.64. The third-order valence-corrected chi connectivity index (χ3v) is 4.80. The van der Waals surface area contributed by atoms with Crippen molar-refractivity contribution in [1.82, 2.24) is 5.32 Å². The molecule has 0 radical (unpaired) electrons. The van der Waals surface area contributed by atoms with E-state index >= 15 is 0 Å². The summed E-state index contributed by atoms with van der Waals surface area (Å²) in [6.07, 6.45) is 0. The lowest BCUT2D eigenvalue weighted by Gasteiger charge is -2.14. The van der Waals surface area contributed by atoms with Gasteiger partial charge in [0.05, 0.1) is 21.6 Å². The quantitative estimate of drug-likeness (QED) is 0.636. The maximum Gasteiger partial charge on any atom is 0.257 e. The van der Waals surface area contributed by atoms with Gasteiger partial charge in [-0.2, -0.15) is 0 Å². The molecular formula is C18H17Cl3N2O3. The van der Waals surface area contributed by atoms with Crippen LogP contribution in [0, 0.1) is 20.8 Å². The van der Waals surface area contributed by atoms with Gasteiger partial charge < -0.3 is 15.7 Å². The van der Waals surface area contributed by atoms with Gasteiger partial charge in [0.15, 0.2) is 0 Å². The van der Waals surface area contributed by atoms with Gasteiger partial charge in [-0.05, 0) is 38.0 Å². The Balaban J connectivity index is 2.10. The fourth-order valence-corrected chi connectivity index (χ4v) is 3.30. The van der Waals surface area contributed by atoms with Crippen LogP contribution >= 0.6 is 34.8 Å². The van der Waals surface area contributed by atoms with Crippen LogP contribution < -0.4 is 10.6 Å². The zero-order valence-electron chi connectivity index (χ0n) is 14.3. The van der Waals surface area contributed by atoms with Crippen LogP contribution in [0.2, 0.25) is 15.1 Å². The Hall–Kier alpha value is -1.95. The predicted molar refractivity (Wildman–Crippen MR) is 105 cm³/mol. The molecule has 2 aromatic carbocycles. The molecule has 2 amide bonds. The Morgan fingerprint density at radius 2 is 1.58 bits per heavy atom. The van der Waals surface area contributed by atoms with E-state index in [2.05, 4.69) is 10.6 Å². The van der Waals surface area contributed by atoms with Crippen LogP contribution in [0.15, 0.2) is 18.2 Å². The lowest BCUT2D eigenvalue weighted by Crippen LogP contribution is -2.33. The summed E-state index contributed by atoms with van der Waals surface area (Å²) in [5, 5.41) is 14.9. The SMILES string of the molecule is Cc1cc(C)c(NC(=O)CNC(=O)c2c(O)c(Cl)cc(Cl)c2Cl)c(C)c1. The minimum absolute atomic E-state index is 0.0231. The van der Waals surface area contributed by atoms with Crippen molar-refractivity contribution < 1.29 is 14.7 Å². The molecule has 2 aromatic rings.